The van der Waals surface area contributed by atoms with E-state index in [4.69, 9.17) is 32.7 Å². The van der Waals surface area contributed by atoms with Crippen molar-refractivity contribution in [3.05, 3.63) is 61.5 Å². The molecule has 0 aliphatic carbocycles. The first-order valence-electron chi connectivity index (χ1n) is 8.40. The van der Waals surface area contributed by atoms with E-state index in [9.17, 15) is 4.79 Å². The van der Waals surface area contributed by atoms with E-state index in [1.165, 1.54) is 0 Å². The van der Waals surface area contributed by atoms with Gasteiger partial charge in [0.15, 0.2) is 11.5 Å². The maximum Gasteiger partial charge on any atom is 0.367 e. The van der Waals surface area contributed by atoms with Gasteiger partial charge in [-0.1, -0.05) is 34.4 Å². The fourth-order valence-corrected chi connectivity index (χ4v) is 3.59. The van der Waals surface area contributed by atoms with Gasteiger partial charge in [-0.3, -0.25) is 0 Å². The number of benzene rings is 2. The van der Waals surface area contributed by atoms with Crippen LogP contribution >= 0.6 is 39.1 Å². The van der Waals surface area contributed by atoms with Gasteiger partial charge in [0.2, 0.25) is 0 Å². The molecule has 0 saturated carbocycles. The molecule has 1 aliphatic heterocycles. The highest BCUT2D eigenvalue weighted by Gasteiger charge is 2.22. The van der Waals surface area contributed by atoms with Crippen molar-refractivity contribution in [2.24, 2.45) is 5.16 Å². The van der Waals surface area contributed by atoms with Gasteiger partial charge in [0, 0.05) is 15.6 Å². The zero-order chi connectivity index (χ0) is 20.3. The van der Waals surface area contributed by atoms with E-state index in [2.05, 4.69) is 25.9 Å². The van der Waals surface area contributed by atoms with Crippen LogP contribution in [0.3, 0.4) is 0 Å². The lowest BCUT2D eigenvalue weighted by Crippen LogP contribution is -2.03. The molecule has 2 aromatic rings. The number of rotatable bonds is 6. The molecule has 0 radical (unpaired) electrons. The van der Waals surface area contributed by atoms with Crippen molar-refractivity contribution in [2.75, 3.05) is 6.61 Å². The average Bonchev–Trinajstić information content (AvgIpc) is 2.95. The van der Waals surface area contributed by atoms with Crippen LogP contribution in [0.25, 0.3) is 6.08 Å². The van der Waals surface area contributed by atoms with Gasteiger partial charge in [-0.25, -0.2) is 4.79 Å². The zero-order valence-corrected chi connectivity index (χ0v) is 18.2. The Labute approximate surface area is 181 Å². The summed E-state index contributed by atoms with van der Waals surface area (Å²) in [6.45, 7) is 4.28. The number of carbonyl (C=O) groups excluding carboxylic acids is 1. The molecule has 1 heterocycles. The van der Waals surface area contributed by atoms with Crippen molar-refractivity contribution >= 4 is 56.9 Å². The number of carbonyl (C=O) groups is 1. The first kappa shape index (κ1) is 20.7. The van der Waals surface area contributed by atoms with Crippen LogP contribution in [-0.2, 0) is 16.2 Å². The van der Waals surface area contributed by atoms with Crippen LogP contribution in [0.15, 0.2) is 45.5 Å². The molecule has 0 spiro atoms. The summed E-state index contributed by atoms with van der Waals surface area (Å²) in [4.78, 5) is 16.5. The lowest BCUT2D eigenvalue weighted by atomic mass is 10.1. The van der Waals surface area contributed by atoms with Gasteiger partial charge in [0.25, 0.3) is 0 Å². The highest BCUT2D eigenvalue weighted by Crippen LogP contribution is 2.38. The molecular weight excluding hydrogens is 469 g/mol. The van der Waals surface area contributed by atoms with Crippen molar-refractivity contribution in [2.45, 2.75) is 20.5 Å². The highest BCUT2D eigenvalue weighted by atomic mass is 79.9. The first-order valence-corrected chi connectivity index (χ1v) is 9.95. The molecule has 8 heteroatoms. The number of ether oxygens (including phenoxy) is 2. The summed E-state index contributed by atoms with van der Waals surface area (Å²) >= 11 is 15.7. The summed E-state index contributed by atoms with van der Waals surface area (Å²) in [7, 11) is 0. The van der Waals surface area contributed by atoms with Gasteiger partial charge in [-0.15, -0.1) is 0 Å². The molecule has 146 valence electrons. The average molecular weight is 485 g/mol. The first-order chi connectivity index (χ1) is 13.4. The van der Waals surface area contributed by atoms with E-state index in [0.29, 0.717) is 43.9 Å². The third-order valence-electron chi connectivity index (χ3n) is 3.91. The fraction of sp³-hybridized carbons (Fsp3) is 0.200. The number of hydrogen-bond donors (Lipinski definition) is 0. The Morgan fingerprint density at radius 2 is 2.00 bits per heavy atom. The van der Waals surface area contributed by atoms with Gasteiger partial charge in [0.1, 0.15) is 6.61 Å². The summed E-state index contributed by atoms with van der Waals surface area (Å²) in [5, 5.41) is 4.77. The Morgan fingerprint density at radius 1 is 1.21 bits per heavy atom. The molecule has 0 unspecified atom stereocenters. The third-order valence-corrected chi connectivity index (χ3v) is 5.08. The Balaban J connectivity index is 1.90. The van der Waals surface area contributed by atoms with E-state index in [1.807, 2.05) is 19.1 Å². The number of nitrogens with zero attached hydrogens (tertiary/aromatic N) is 1. The molecule has 0 N–H and O–H groups in total. The Morgan fingerprint density at radius 3 is 2.64 bits per heavy atom. The lowest BCUT2D eigenvalue weighted by molar-refractivity contribution is -0.136. The Hall–Kier alpha value is -2.02. The van der Waals surface area contributed by atoms with Crippen LogP contribution in [0.1, 0.15) is 25.0 Å². The highest BCUT2D eigenvalue weighted by molar-refractivity contribution is 9.10. The molecule has 28 heavy (non-hydrogen) atoms. The van der Waals surface area contributed by atoms with Crippen molar-refractivity contribution in [3.63, 3.8) is 0 Å². The second-order valence-corrected chi connectivity index (χ2v) is 7.60. The summed E-state index contributed by atoms with van der Waals surface area (Å²) < 4.78 is 12.4. The predicted molar refractivity (Wildman–Crippen MR) is 113 cm³/mol. The van der Waals surface area contributed by atoms with Crippen LogP contribution in [0, 0.1) is 0 Å². The molecular formula is C20H16BrCl2NO4. The molecule has 1 aliphatic rings. The van der Waals surface area contributed by atoms with E-state index < -0.39 is 5.97 Å². The number of oxime groups is 1. The smallest absolute Gasteiger partial charge is 0.367 e. The molecule has 0 aromatic heterocycles. The van der Waals surface area contributed by atoms with Gasteiger partial charge in [0.05, 0.1) is 22.4 Å². The maximum absolute atomic E-state index is 11.8. The van der Waals surface area contributed by atoms with E-state index in [0.717, 1.165) is 11.1 Å². The van der Waals surface area contributed by atoms with Gasteiger partial charge < -0.3 is 14.3 Å². The fourth-order valence-electron chi connectivity index (χ4n) is 2.55. The quantitative estimate of drug-likeness (QED) is 0.370. The molecule has 5 nitrogen and oxygen atoms in total. The number of halogens is 3. The van der Waals surface area contributed by atoms with Crippen LogP contribution in [-0.4, -0.2) is 18.3 Å². The minimum Gasteiger partial charge on any atom is -0.490 e. The standard InChI is InChI=1S/C20H16BrCl2NO4/c1-3-26-18-8-12(6-15-11(2)24-28-20(15)25)7-16(21)19(18)27-10-13-4-5-14(22)9-17(13)23/h4-9H,3,10H2,1-2H3/b15-6+. The van der Waals surface area contributed by atoms with Gasteiger partial charge in [-0.05, 0) is 65.7 Å². The lowest BCUT2D eigenvalue weighted by Gasteiger charge is -2.15. The van der Waals surface area contributed by atoms with Crippen LogP contribution in [0.5, 0.6) is 11.5 Å². The monoisotopic (exact) mass is 483 g/mol. The van der Waals surface area contributed by atoms with Crippen molar-refractivity contribution in [1.29, 1.82) is 0 Å². The van der Waals surface area contributed by atoms with Crippen molar-refractivity contribution in [1.82, 2.24) is 0 Å². The molecule has 0 bridgehead atoms. The van der Waals surface area contributed by atoms with Crippen molar-refractivity contribution < 1.29 is 19.1 Å². The SMILES string of the molecule is CCOc1cc(/C=C2/C(=O)ON=C2C)cc(Br)c1OCc1ccc(Cl)cc1Cl. The molecule has 0 fully saturated rings. The summed E-state index contributed by atoms with van der Waals surface area (Å²) in [6, 6.07) is 8.85. The normalized spacial score (nSPS) is 14.8. The summed E-state index contributed by atoms with van der Waals surface area (Å²) in [5.41, 5.74) is 2.47. The maximum atomic E-state index is 11.8. The van der Waals surface area contributed by atoms with Crippen molar-refractivity contribution in [3.8, 4) is 11.5 Å². The summed E-state index contributed by atoms with van der Waals surface area (Å²) in [6.07, 6.45) is 1.70. The van der Waals surface area contributed by atoms with Gasteiger partial charge in [-0.2, -0.15) is 0 Å². The van der Waals surface area contributed by atoms with E-state index >= 15 is 0 Å². The number of hydrogen-bond acceptors (Lipinski definition) is 5. The Kier molecular flexibility index (Phi) is 6.65. The van der Waals surface area contributed by atoms with Crippen LogP contribution < -0.4 is 9.47 Å². The minimum absolute atomic E-state index is 0.243. The van der Waals surface area contributed by atoms with E-state index in [-0.39, 0.29) is 6.61 Å². The molecule has 3 rings (SSSR count). The second-order valence-electron chi connectivity index (χ2n) is 5.90. The molecule has 0 amide bonds. The van der Waals surface area contributed by atoms with Crippen LogP contribution in [0.4, 0.5) is 0 Å². The molecule has 0 atom stereocenters. The van der Waals surface area contributed by atoms with E-state index in [1.54, 1.807) is 31.2 Å². The largest absolute Gasteiger partial charge is 0.490 e. The summed E-state index contributed by atoms with van der Waals surface area (Å²) in [5.74, 6) is 0.591. The van der Waals surface area contributed by atoms with Gasteiger partial charge >= 0.3 is 5.97 Å². The third kappa shape index (κ3) is 4.69. The molecule has 2 aromatic carbocycles. The van der Waals surface area contributed by atoms with Crippen LogP contribution in [0.2, 0.25) is 10.0 Å². The minimum atomic E-state index is -0.482. The Bertz CT molecular complexity index is 988. The molecule has 0 saturated heterocycles. The topological polar surface area (TPSA) is 57.1 Å². The second kappa shape index (κ2) is 8.99. The zero-order valence-electron chi connectivity index (χ0n) is 15.1. The predicted octanol–water partition coefficient (Wildman–Crippen LogP) is 6.05.